The Bertz CT molecular complexity index is 918. The minimum Gasteiger partial charge on any atom is -0.465 e. The monoisotopic (exact) mass is 516 g/mol. The van der Waals surface area contributed by atoms with Gasteiger partial charge in [0.1, 0.15) is 23.2 Å². The van der Waals surface area contributed by atoms with Crippen LogP contribution >= 0.6 is 0 Å². The zero-order valence-electron chi connectivity index (χ0n) is 22.7. The molecule has 37 heavy (non-hydrogen) atoms. The summed E-state index contributed by atoms with van der Waals surface area (Å²) < 4.78 is 12.6. The Morgan fingerprint density at radius 3 is 2.57 bits per heavy atom. The maximum absolute atomic E-state index is 14.3. The van der Waals surface area contributed by atoms with E-state index < -0.39 is 35.0 Å². The molecule has 0 aromatic heterocycles. The number of ether oxygens (including phenoxy) is 2. The molecule has 0 bridgehead atoms. The van der Waals surface area contributed by atoms with Crippen molar-refractivity contribution in [2.45, 2.75) is 102 Å². The number of likely N-dealkylation sites (tertiary alicyclic amines) is 1. The lowest BCUT2D eigenvalue weighted by Crippen LogP contribution is -2.57. The molecular weight excluding hydrogens is 472 g/mol. The van der Waals surface area contributed by atoms with Gasteiger partial charge in [0, 0.05) is 25.7 Å². The number of hydrogen-bond acceptors (Lipinski definition) is 6. The minimum atomic E-state index is -1.22. The van der Waals surface area contributed by atoms with Crippen molar-refractivity contribution < 1.29 is 29.0 Å². The fourth-order valence-electron chi connectivity index (χ4n) is 6.85. The number of aliphatic hydroxyl groups is 1. The highest BCUT2D eigenvalue weighted by Crippen LogP contribution is 2.58. The van der Waals surface area contributed by atoms with Crippen molar-refractivity contribution in [2.24, 2.45) is 11.8 Å². The first kappa shape index (κ1) is 27.8. The van der Waals surface area contributed by atoms with Gasteiger partial charge in [0.25, 0.3) is 0 Å². The highest BCUT2D eigenvalue weighted by molar-refractivity contribution is 5.99. The zero-order chi connectivity index (χ0) is 26.6. The lowest BCUT2D eigenvalue weighted by molar-refractivity contribution is -0.161. The van der Waals surface area contributed by atoms with Crippen molar-refractivity contribution in [1.29, 1.82) is 0 Å². The van der Waals surface area contributed by atoms with Gasteiger partial charge in [0.2, 0.25) is 11.8 Å². The highest BCUT2D eigenvalue weighted by Gasteiger charge is 2.75. The quantitative estimate of drug-likeness (QED) is 0.272. The van der Waals surface area contributed by atoms with Gasteiger partial charge in [-0.1, -0.05) is 57.4 Å². The number of carbonyl (C=O) groups is 3. The third-order valence-corrected chi connectivity index (χ3v) is 8.71. The van der Waals surface area contributed by atoms with Gasteiger partial charge in [-0.3, -0.25) is 14.4 Å². The van der Waals surface area contributed by atoms with E-state index in [0.717, 1.165) is 51.4 Å². The number of allylic oxidation sites excluding steroid dienone is 1. The number of rotatable bonds is 10. The van der Waals surface area contributed by atoms with E-state index >= 15 is 0 Å². The molecule has 0 saturated carbocycles. The number of esters is 1. The molecule has 4 rings (SSSR count). The van der Waals surface area contributed by atoms with Gasteiger partial charge in [-0.05, 0) is 45.4 Å². The molecule has 6 atom stereocenters. The molecule has 0 aromatic carbocycles. The van der Waals surface area contributed by atoms with Crippen LogP contribution in [-0.2, 0) is 23.9 Å². The topological polar surface area (TPSA) is 96.4 Å². The number of carbonyl (C=O) groups excluding carboxylic acids is 3. The number of amides is 2. The van der Waals surface area contributed by atoms with Gasteiger partial charge in [-0.25, -0.2) is 0 Å². The molecule has 2 fully saturated rings. The van der Waals surface area contributed by atoms with Gasteiger partial charge in [0.05, 0.1) is 12.5 Å². The van der Waals surface area contributed by atoms with Crippen LogP contribution in [-0.4, -0.2) is 82.3 Å². The summed E-state index contributed by atoms with van der Waals surface area (Å²) in [5, 5.41) is 9.13. The van der Waals surface area contributed by atoms with E-state index in [2.05, 4.69) is 13.8 Å². The van der Waals surface area contributed by atoms with Crippen molar-refractivity contribution in [3.8, 4) is 0 Å². The number of unbranched alkanes of at least 4 members (excludes halogenated alkanes) is 3. The average Bonchev–Trinajstić information content (AvgIpc) is 3.25. The Morgan fingerprint density at radius 2 is 1.84 bits per heavy atom. The highest BCUT2D eigenvalue weighted by atomic mass is 16.6. The Balaban J connectivity index is 1.78. The second kappa shape index (κ2) is 11.7. The largest absolute Gasteiger partial charge is 0.465 e. The van der Waals surface area contributed by atoms with Gasteiger partial charge in [-0.2, -0.15) is 0 Å². The summed E-state index contributed by atoms with van der Waals surface area (Å²) in [4.78, 5) is 45.6. The molecule has 4 aliphatic rings. The summed E-state index contributed by atoms with van der Waals surface area (Å²) in [6, 6.07) is -0.789. The Kier molecular flexibility index (Phi) is 8.79. The molecule has 8 nitrogen and oxygen atoms in total. The second-order valence-corrected chi connectivity index (χ2v) is 11.0. The van der Waals surface area contributed by atoms with Crippen LogP contribution in [0.3, 0.4) is 0 Å². The summed E-state index contributed by atoms with van der Waals surface area (Å²) in [5.74, 6) is -2.33. The van der Waals surface area contributed by atoms with Gasteiger partial charge < -0.3 is 24.4 Å². The van der Waals surface area contributed by atoms with E-state index in [1.807, 2.05) is 36.1 Å². The lowest BCUT2D eigenvalue weighted by Gasteiger charge is -2.39. The third kappa shape index (κ3) is 4.87. The first-order chi connectivity index (χ1) is 17.9. The lowest BCUT2D eigenvalue weighted by atomic mass is 9.73. The van der Waals surface area contributed by atoms with Crippen LogP contribution < -0.4 is 0 Å². The van der Waals surface area contributed by atoms with E-state index in [1.165, 1.54) is 0 Å². The third-order valence-electron chi connectivity index (χ3n) is 8.71. The van der Waals surface area contributed by atoms with Crippen LogP contribution in [0.25, 0.3) is 0 Å². The van der Waals surface area contributed by atoms with Crippen LogP contribution in [0.1, 0.15) is 78.6 Å². The standard InChI is InChI=1S/C29H44N2O6/c1-4-14-21(3)30-18-13-16-29-22(23-27(35)36-20-12-8-9-15-28(23,5-2)37-29)25(33)31(24(29)26(30)34)17-10-6-7-11-19-32/h9,13,15-16,21-24,32H,4-8,10-12,14,17-20H2,1-3H3/b15-9-/t21?,22-,23+,24?,28-,29-/m0/s1. The summed E-state index contributed by atoms with van der Waals surface area (Å²) in [6.07, 6.45) is 14.8. The van der Waals surface area contributed by atoms with Crippen molar-refractivity contribution in [3.05, 3.63) is 24.3 Å². The molecule has 206 valence electrons. The Labute approximate surface area is 221 Å². The van der Waals surface area contributed by atoms with E-state index in [9.17, 15) is 14.4 Å². The molecule has 2 saturated heterocycles. The maximum atomic E-state index is 14.3. The van der Waals surface area contributed by atoms with Crippen LogP contribution in [0.5, 0.6) is 0 Å². The second-order valence-electron chi connectivity index (χ2n) is 11.0. The molecule has 0 aliphatic carbocycles. The van der Waals surface area contributed by atoms with Crippen molar-refractivity contribution in [1.82, 2.24) is 9.80 Å². The number of aliphatic hydroxyl groups excluding tert-OH is 1. The van der Waals surface area contributed by atoms with Crippen LogP contribution in [0.4, 0.5) is 0 Å². The van der Waals surface area contributed by atoms with E-state index in [0.29, 0.717) is 26.1 Å². The number of hydrogen-bond donors (Lipinski definition) is 1. The molecular formula is C29H44N2O6. The molecule has 1 N–H and O–H groups in total. The maximum Gasteiger partial charge on any atom is 0.313 e. The molecule has 0 aromatic rings. The van der Waals surface area contributed by atoms with Crippen LogP contribution in [0, 0.1) is 11.8 Å². The SMILES string of the molecule is CCCC(C)N1CC=C[C@]23O[C@@]4(CC)/C=C\CCCOC(=O)[C@H]4[C@H]2C(=O)N(CCCCCCO)C3C1=O. The average molecular weight is 517 g/mol. The molecule has 4 aliphatic heterocycles. The van der Waals surface area contributed by atoms with E-state index in [4.69, 9.17) is 14.6 Å². The summed E-state index contributed by atoms with van der Waals surface area (Å²) in [6.45, 7) is 7.46. The molecule has 2 unspecified atom stereocenters. The zero-order valence-corrected chi connectivity index (χ0v) is 22.7. The van der Waals surface area contributed by atoms with E-state index in [1.54, 1.807) is 4.90 Å². The predicted molar refractivity (Wildman–Crippen MR) is 139 cm³/mol. The molecule has 0 radical (unpaired) electrons. The normalized spacial score (nSPS) is 35.1. The predicted octanol–water partition coefficient (Wildman–Crippen LogP) is 3.38. The van der Waals surface area contributed by atoms with Crippen molar-refractivity contribution >= 4 is 17.8 Å². The Hall–Kier alpha value is -2.19. The van der Waals surface area contributed by atoms with E-state index in [-0.39, 0.29) is 24.5 Å². The minimum absolute atomic E-state index is 0.0291. The summed E-state index contributed by atoms with van der Waals surface area (Å²) in [5.41, 5.74) is -2.22. The van der Waals surface area contributed by atoms with Gasteiger partial charge in [0.15, 0.2) is 0 Å². The Morgan fingerprint density at radius 1 is 1.05 bits per heavy atom. The fourth-order valence-corrected chi connectivity index (χ4v) is 6.85. The number of fused-ring (bicyclic) bond motifs is 2. The van der Waals surface area contributed by atoms with Gasteiger partial charge >= 0.3 is 5.97 Å². The van der Waals surface area contributed by atoms with Crippen LogP contribution in [0.2, 0.25) is 0 Å². The molecule has 1 spiro atoms. The molecule has 2 amide bonds. The smallest absolute Gasteiger partial charge is 0.313 e. The van der Waals surface area contributed by atoms with Crippen molar-refractivity contribution in [2.75, 3.05) is 26.3 Å². The number of cyclic esters (lactones) is 1. The van der Waals surface area contributed by atoms with Crippen molar-refractivity contribution in [3.63, 3.8) is 0 Å². The summed E-state index contributed by atoms with van der Waals surface area (Å²) in [7, 11) is 0. The van der Waals surface area contributed by atoms with Gasteiger partial charge in [-0.15, -0.1) is 0 Å². The first-order valence-corrected chi connectivity index (χ1v) is 14.3. The summed E-state index contributed by atoms with van der Waals surface area (Å²) >= 11 is 0. The first-order valence-electron chi connectivity index (χ1n) is 14.3. The van der Waals surface area contributed by atoms with Crippen LogP contribution in [0.15, 0.2) is 24.3 Å². The number of nitrogens with zero attached hydrogens (tertiary/aromatic N) is 2. The molecule has 4 heterocycles. The fraction of sp³-hybridized carbons (Fsp3) is 0.759. The molecule has 8 heteroatoms.